The molecule has 0 atom stereocenters. The minimum Gasteiger partial charge on any atom is -0.400 e. The van der Waals surface area contributed by atoms with Crippen molar-refractivity contribution in [3.63, 3.8) is 0 Å². The van der Waals surface area contributed by atoms with E-state index in [2.05, 4.69) is 0 Å². The summed E-state index contributed by atoms with van der Waals surface area (Å²) in [5.74, 6) is 1.14. The average molecular weight is 325 g/mol. The molecule has 0 unspecified atom stereocenters. The SMILES string of the molecule is CC1(C)OB(/C=C/C=C/N2C(=O)c3ccccc3C2=O)OC1(C)C. The van der Waals surface area contributed by atoms with Gasteiger partial charge in [0.05, 0.1) is 22.3 Å². The van der Waals surface area contributed by atoms with Crippen molar-refractivity contribution in [2.75, 3.05) is 0 Å². The number of benzene rings is 1. The largest absolute Gasteiger partial charge is 0.487 e. The number of hydrogen-bond acceptors (Lipinski definition) is 4. The maximum absolute atomic E-state index is 12.2. The number of hydrogen-bond donors (Lipinski definition) is 0. The Kier molecular flexibility index (Phi) is 3.97. The van der Waals surface area contributed by atoms with E-state index in [1.807, 2.05) is 27.7 Å². The van der Waals surface area contributed by atoms with Gasteiger partial charge in [-0.3, -0.25) is 9.59 Å². The van der Waals surface area contributed by atoms with Gasteiger partial charge in [0.15, 0.2) is 0 Å². The van der Waals surface area contributed by atoms with Gasteiger partial charge in [0.1, 0.15) is 0 Å². The summed E-state index contributed by atoms with van der Waals surface area (Å²) < 4.78 is 11.7. The summed E-state index contributed by atoms with van der Waals surface area (Å²) in [4.78, 5) is 25.5. The zero-order valence-corrected chi connectivity index (χ0v) is 14.3. The summed E-state index contributed by atoms with van der Waals surface area (Å²) in [6.07, 6.45) is 4.81. The second-order valence-corrected chi connectivity index (χ2v) is 6.88. The third kappa shape index (κ3) is 2.72. The summed E-state index contributed by atoms with van der Waals surface area (Å²) >= 11 is 0. The Morgan fingerprint density at radius 3 is 1.92 bits per heavy atom. The highest BCUT2D eigenvalue weighted by Gasteiger charge is 2.49. The maximum atomic E-state index is 12.2. The summed E-state index contributed by atoms with van der Waals surface area (Å²) in [5.41, 5.74) is 0.0758. The van der Waals surface area contributed by atoms with Crippen LogP contribution in [0.5, 0.6) is 0 Å². The second kappa shape index (κ2) is 5.72. The molecule has 2 heterocycles. The van der Waals surface area contributed by atoms with Crippen LogP contribution in [0.15, 0.2) is 48.6 Å². The van der Waals surface area contributed by atoms with E-state index >= 15 is 0 Å². The Balaban J connectivity index is 1.66. The van der Waals surface area contributed by atoms with Gasteiger partial charge in [-0.15, -0.1) is 0 Å². The van der Waals surface area contributed by atoms with Crippen LogP contribution in [0.25, 0.3) is 0 Å². The first-order valence-electron chi connectivity index (χ1n) is 7.90. The lowest BCUT2D eigenvalue weighted by molar-refractivity contribution is 0.00578. The third-order valence-corrected chi connectivity index (χ3v) is 4.71. The van der Waals surface area contributed by atoms with Gasteiger partial charge >= 0.3 is 7.12 Å². The molecule has 2 aliphatic rings. The molecule has 6 heteroatoms. The van der Waals surface area contributed by atoms with Crippen molar-refractivity contribution in [2.45, 2.75) is 38.9 Å². The zero-order valence-electron chi connectivity index (χ0n) is 14.3. The van der Waals surface area contributed by atoms with Crippen molar-refractivity contribution in [1.82, 2.24) is 4.90 Å². The van der Waals surface area contributed by atoms with E-state index < -0.39 is 18.3 Å². The van der Waals surface area contributed by atoms with Crippen LogP contribution >= 0.6 is 0 Å². The molecular weight excluding hydrogens is 305 g/mol. The molecule has 1 aromatic rings. The Morgan fingerprint density at radius 2 is 1.42 bits per heavy atom. The van der Waals surface area contributed by atoms with Crippen LogP contribution in [0.1, 0.15) is 48.4 Å². The number of rotatable bonds is 3. The Bertz CT molecular complexity index is 700. The molecule has 5 nitrogen and oxygen atoms in total. The van der Waals surface area contributed by atoms with E-state index in [1.165, 1.54) is 6.20 Å². The number of fused-ring (bicyclic) bond motifs is 1. The van der Waals surface area contributed by atoms with Crippen LogP contribution in [-0.4, -0.2) is 35.0 Å². The third-order valence-electron chi connectivity index (χ3n) is 4.71. The van der Waals surface area contributed by atoms with Crippen LogP contribution in [0.2, 0.25) is 0 Å². The molecule has 1 saturated heterocycles. The molecule has 1 aromatic carbocycles. The summed E-state index contributed by atoms with van der Waals surface area (Å²) in [7, 11) is -0.457. The number of carbonyl (C=O) groups excluding carboxylic acids is 2. The van der Waals surface area contributed by atoms with Crippen molar-refractivity contribution in [1.29, 1.82) is 0 Å². The maximum Gasteiger partial charge on any atom is 0.487 e. The normalized spacial score (nSPS) is 22.2. The van der Waals surface area contributed by atoms with E-state index in [9.17, 15) is 9.59 Å². The Hall–Kier alpha value is -2.18. The molecule has 2 aliphatic heterocycles. The molecule has 3 rings (SSSR count). The molecule has 0 aromatic heterocycles. The first-order valence-corrected chi connectivity index (χ1v) is 7.90. The highest BCUT2D eigenvalue weighted by molar-refractivity contribution is 6.51. The molecule has 0 spiro atoms. The van der Waals surface area contributed by atoms with E-state index in [4.69, 9.17) is 9.31 Å². The van der Waals surface area contributed by atoms with Gasteiger partial charge in [-0.2, -0.15) is 0 Å². The molecule has 24 heavy (non-hydrogen) atoms. The quantitative estimate of drug-likeness (QED) is 0.487. The first-order chi connectivity index (χ1) is 11.2. The lowest BCUT2D eigenvalue weighted by atomic mass is 9.90. The highest BCUT2D eigenvalue weighted by Crippen LogP contribution is 2.36. The van der Waals surface area contributed by atoms with E-state index in [0.29, 0.717) is 11.1 Å². The van der Waals surface area contributed by atoms with Gasteiger partial charge in [-0.25, -0.2) is 4.90 Å². The first kappa shape index (κ1) is 16.7. The van der Waals surface area contributed by atoms with Crippen LogP contribution in [0.3, 0.4) is 0 Å². The number of allylic oxidation sites excluding steroid dienone is 2. The molecule has 0 aliphatic carbocycles. The number of imide groups is 1. The fourth-order valence-electron chi connectivity index (χ4n) is 2.60. The van der Waals surface area contributed by atoms with Crippen LogP contribution in [0.4, 0.5) is 0 Å². The van der Waals surface area contributed by atoms with Crippen molar-refractivity contribution in [3.05, 3.63) is 59.7 Å². The minimum atomic E-state index is -0.457. The Labute approximate surface area is 142 Å². The number of nitrogens with zero attached hydrogens (tertiary/aromatic N) is 1. The summed E-state index contributed by atoms with van der Waals surface area (Å²) in [5, 5.41) is 0. The van der Waals surface area contributed by atoms with Gasteiger partial charge in [0.2, 0.25) is 0 Å². The van der Waals surface area contributed by atoms with E-state index in [-0.39, 0.29) is 11.8 Å². The van der Waals surface area contributed by atoms with Gasteiger partial charge < -0.3 is 9.31 Å². The van der Waals surface area contributed by atoms with Crippen molar-refractivity contribution in [3.8, 4) is 0 Å². The summed E-state index contributed by atoms with van der Waals surface area (Å²) in [6.45, 7) is 7.93. The second-order valence-electron chi connectivity index (χ2n) is 6.88. The molecule has 0 bridgehead atoms. The van der Waals surface area contributed by atoms with E-state index in [1.54, 1.807) is 42.4 Å². The lowest BCUT2D eigenvalue weighted by Crippen LogP contribution is -2.41. The zero-order chi connectivity index (χ0) is 17.5. The number of amides is 2. The molecule has 0 saturated carbocycles. The smallest absolute Gasteiger partial charge is 0.400 e. The number of carbonyl (C=O) groups is 2. The Morgan fingerprint density at radius 1 is 0.917 bits per heavy atom. The average Bonchev–Trinajstić information content (AvgIpc) is 2.87. The molecule has 124 valence electrons. The minimum absolute atomic E-state index is 0.309. The van der Waals surface area contributed by atoms with Gasteiger partial charge in [-0.05, 0) is 45.9 Å². The topological polar surface area (TPSA) is 55.8 Å². The fraction of sp³-hybridized carbons (Fsp3) is 0.333. The standard InChI is InChI=1S/C18H20BNO4/c1-17(2)18(3,4)24-19(23-17)11-7-8-12-20-15(21)13-9-5-6-10-14(13)16(20)22/h5-12H,1-4H3/b11-7+,12-8+. The fourth-order valence-corrected chi connectivity index (χ4v) is 2.60. The molecule has 0 radical (unpaired) electrons. The molecule has 1 fully saturated rings. The molecule has 2 amide bonds. The van der Waals surface area contributed by atoms with Crippen molar-refractivity contribution in [2.24, 2.45) is 0 Å². The van der Waals surface area contributed by atoms with Gasteiger partial charge in [0, 0.05) is 6.20 Å². The van der Waals surface area contributed by atoms with Gasteiger partial charge in [-0.1, -0.05) is 24.2 Å². The van der Waals surface area contributed by atoms with E-state index in [0.717, 1.165) is 4.90 Å². The molecule has 0 N–H and O–H groups in total. The van der Waals surface area contributed by atoms with Crippen LogP contribution in [-0.2, 0) is 9.31 Å². The van der Waals surface area contributed by atoms with Crippen LogP contribution < -0.4 is 0 Å². The lowest BCUT2D eigenvalue weighted by Gasteiger charge is -2.32. The van der Waals surface area contributed by atoms with Crippen molar-refractivity contribution >= 4 is 18.9 Å². The molecular formula is C18H20BNO4. The highest BCUT2D eigenvalue weighted by atomic mass is 16.7. The van der Waals surface area contributed by atoms with Gasteiger partial charge in [0.25, 0.3) is 11.8 Å². The monoisotopic (exact) mass is 325 g/mol. The summed E-state index contributed by atoms with van der Waals surface area (Å²) in [6, 6.07) is 6.80. The van der Waals surface area contributed by atoms with Crippen molar-refractivity contribution < 1.29 is 18.9 Å². The van der Waals surface area contributed by atoms with Crippen LogP contribution in [0, 0.1) is 0 Å². The predicted molar refractivity (Wildman–Crippen MR) is 91.3 cm³/mol. The predicted octanol–water partition coefficient (Wildman–Crippen LogP) is 2.98.